The molecule has 0 aliphatic heterocycles. The van der Waals surface area contributed by atoms with Crippen LogP contribution in [0.15, 0.2) is 81.1 Å². The number of sulfonamides is 2. The van der Waals surface area contributed by atoms with Crippen molar-refractivity contribution < 1.29 is 25.6 Å². The van der Waals surface area contributed by atoms with Crippen molar-refractivity contribution in [2.45, 2.75) is 16.9 Å². The SMILES string of the molecule is Cc1cc(S(=O)(=O)Nc2ccc(Cl)cc2NS(=O)(=O)c2cc3ccccc3o2)ccc1F. The number of benzene rings is 3. The third kappa shape index (κ3) is 4.43. The third-order valence-electron chi connectivity index (χ3n) is 4.58. The first kappa shape index (κ1) is 22.1. The predicted octanol–water partition coefficient (Wildman–Crippen LogP) is 5.14. The van der Waals surface area contributed by atoms with Gasteiger partial charge in [-0.1, -0.05) is 29.8 Å². The van der Waals surface area contributed by atoms with Gasteiger partial charge in [-0.2, -0.15) is 8.42 Å². The summed E-state index contributed by atoms with van der Waals surface area (Å²) in [6, 6.07) is 15.4. The first-order chi connectivity index (χ1) is 15.0. The van der Waals surface area contributed by atoms with E-state index in [1.807, 2.05) is 0 Å². The van der Waals surface area contributed by atoms with Gasteiger partial charge in [-0.05, 0) is 55.0 Å². The van der Waals surface area contributed by atoms with E-state index >= 15 is 0 Å². The van der Waals surface area contributed by atoms with E-state index in [4.69, 9.17) is 16.0 Å². The molecule has 0 amide bonds. The first-order valence-electron chi connectivity index (χ1n) is 9.15. The van der Waals surface area contributed by atoms with E-state index in [0.29, 0.717) is 11.0 Å². The number of rotatable bonds is 6. The van der Waals surface area contributed by atoms with Crippen molar-refractivity contribution in [3.05, 3.63) is 83.1 Å². The van der Waals surface area contributed by atoms with Crippen LogP contribution >= 0.6 is 11.6 Å². The first-order valence-corrected chi connectivity index (χ1v) is 12.5. The highest BCUT2D eigenvalue weighted by molar-refractivity contribution is 7.93. The van der Waals surface area contributed by atoms with E-state index in [1.165, 1.54) is 37.3 Å². The minimum Gasteiger partial charge on any atom is -0.443 e. The highest BCUT2D eigenvalue weighted by Crippen LogP contribution is 2.31. The lowest BCUT2D eigenvalue weighted by Gasteiger charge is -2.14. The van der Waals surface area contributed by atoms with Crippen molar-refractivity contribution >= 4 is 54.0 Å². The topological polar surface area (TPSA) is 105 Å². The van der Waals surface area contributed by atoms with Gasteiger partial charge < -0.3 is 4.42 Å². The summed E-state index contributed by atoms with van der Waals surface area (Å²) >= 11 is 6.01. The van der Waals surface area contributed by atoms with Crippen molar-refractivity contribution in [2.24, 2.45) is 0 Å². The van der Waals surface area contributed by atoms with Crippen LogP contribution in [0.25, 0.3) is 11.0 Å². The van der Waals surface area contributed by atoms with Crippen LogP contribution in [0.4, 0.5) is 15.8 Å². The Kier molecular flexibility index (Phi) is 5.61. The molecule has 0 saturated heterocycles. The zero-order valence-corrected chi connectivity index (χ0v) is 18.9. The van der Waals surface area contributed by atoms with Gasteiger partial charge >= 0.3 is 0 Å². The highest BCUT2D eigenvalue weighted by Gasteiger charge is 2.23. The van der Waals surface area contributed by atoms with Crippen molar-refractivity contribution in [2.75, 3.05) is 9.44 Å². The number of anilines is 2. The number of fused-ring (bicyclic) bond motifs is 1. The molecule has 1 aromatic heterocycles. The largest absolute Gasteiger partial charge is 0.443 e. The zero-order chi connectivity index (χ0) is 23.1. The molecule has 4 aromatic rings. The molecule has 4 rings (SSSR count). The molecule has 32 heavy (non-hydrogen) atoms. The Bertz CT molecular complexity index is 1520. The molecule has 0 spiro atoms. The number of hydrogen-bond donors (Lipinski definition) is 2. The monoisotopic (exact) mass is 494 g/mol. The van der Waals surface area contributed by atoms with Crippen molar-refractivity contribution in [1.29, 1.82) is 0 Å². The van der Waals surface area contributed by atoms with Gasteiger partial charge in [0, 0.05) is 16.5 Å². The maximum atomic E-state index is 13.5. The number of furan rings is 1. The minimum atomic E-state index is -4.21. The van der Waals surface area contributed by atoms with E-state index in [1.54, 1.807) is 24.3 Å². The van der Waals surface area contributed by atoms with Gasteiger partial charge in [-0.25, -0.2) is 12.8 Å². The molecular formula is C21H16ClFN2O5S2. The molecule has 0 bridgehead atoms. The Labute approximate surface area is 188 Å². The summed E-state index contributed by atoms with van der Waals surface area (Å²) in [7, 11) is -8.35. The number of aryl methyl sites for hydroxylation is 1. The Morgan fingerprint density at radius 3 is 2.28 bits per heavy atom. The van der Waals surface area contributed by atoms with Gasteiger partial charge in [0.1, 0.15) is 11.4 Å². The highest BCUT2D eigenvalue weighted by atomic mass is 35.5. The Morgan fingerprint density at radius 1 is 0.844 bits per heavy atom. The van der Waals surface area contributed by atoms with Gasteiger partial charge in [0.15, 0.2) is 0 Å². The second kappa shape index (κ2) is 8.12. The molecule has 0 unspecified atom stereocenters. The van der Waals surface area contributed by atoms with Gasteiger partial charge in [-0.3, -0.25) is 9.44 Å². The van der Waals surface area contributed by atoms with E-state index in [0.717, 1.165) is 12.1 Å². The van der Waals surface area contributed by atoms with Gasteiger partial charge in [-0.15, -0.1) is 0 Å². The van der Waals surface area contributed by atoms with Crippen LogP contribution in [0.1, 0.15) is 5.56 Å². The molecule has 166 valence electrons. The smallest absolute Gasteiger partial charge is 0.295 e. The fourth-order valence-electron chi connectivity index (χ4n) is 2.96. The summed E-state index contributed by atoms with van der Waals surface area (Å²) in [6.45, 7) is 1.43. The van der Waals surface area contributed by atoms with Crippen LogP contribution in [-0.2, 0) is 20.0 Å². The van der Waals surface area contributed by atoms with E-state index in [9.17, 15) is 21.2 Å². The van der Waals surface area contributed by atoms with Crippen LogP contribution in [0, 0.1) is 12.7 Å². The summed E-state index contributed by atoms with van der Waals surface area (Å²) in [5.74, 6) is -0.547. The standard InChI is InChI=1S/C21H16ClFN2O5S2/c1-13-10-16(7-8-17(13)23)31(26,27)24-18-9-6-15(22)12-19(18)25-32(28,29)21-11-14-4-2-3-5-20(14)30-21/h2-12,24-25H,1H3. The molecule has 0 radical (unpaired) electrons. The second-order valence-corrected chi connectivity index (χ2v) is 10.6. The number of halogens is 2. The lowest BCUT2D eigenvalue weighted by molar-refractivity contribution is 0.484. The van der Waals surface area contributed by atoms with Crippen LogP contribution in [0.5, 0.6) is 0 Å². The molecule has 7 nitrogen and oxygen atoms in total. The van der Waals surface area contributed by atoms with Gasteiger partial charge in [0.25, 0.3) is 20.0 Å². The average Bonchev–Trinajstić information content (AvgIpc) is 3.17. The van der Waals surface area contributed by atoms with Gasteiger partial charge in [0.2, 0.25) is 5.09 Å². The van der Waals surface area contributed by atoms with E-state index < -0.39 is 25.9 Å². The molecular weight excluding hydrogens is 479 g/mol. The summed E-state index contributed by atoms with van der Waals surface area (Å²) < 4.78 is 74.9. The normalized spacial score (nSPS) is 12.1. The molecule has 3 aromatic carbocycles. The van der Waals surface area contributed by atoms with E-state index in [2.05, 4.69) is 9.44 Å². The molecule has 0 saturated carbocycles. The number of para-hydroxylation sites is 1. The predicted molar refractivity (Wildman–Crippen MR) is 120 cm³/mol. The number of hydrogen-bond acceptors (Lipinski definition) is 5. The maximum absolute atomic E-state index is 13.5. The Balaban J connectivity index is 1.69. The van der Waals surface area contributed by atoms with Crippen LogP contribution in [0.2, 0.25) is 5.02 Å². The minimum absolute atomic E-state index is 0.0731. The molecule has 0 fully saturated rings. The van der Waals surface area contributed by atoms with Crippen molar-refractivity contribution in [1.82, 2.24) is 0 Å². The van der Waals surface area contributed by atoms with Crippen molar-refractivity contribution in [3.8, 4) is 0 Å². The molecule has 2 N–H and O–H groups in total. The second-order valence-electron chi connectivity index (χ2n) is 6.92. The molecule has 0 aliphatic rings. The van der Waals surface area contributed by atoms with Crippen molar-refractivity contribution in [3.63, 3.8) is 0 Å². The molecule has 11 heteroatoms. The summed E-state index contributed by atoms with van der Waals surface area (Å²) in [6.07, 6.45) is 0. The van der Waals surface area contributed by atoms with Crippen LogP contribution in [-0.4, -0.2) is 16.8 Å². The maximum Gasteiger partial charge on any atom is 0.295 e. The lowest BCUT2D eigenvalue weighted by Crippen LogP contribution is -2.17. The summed E-state index contributed by atoms with van der Waals surface area (Å²) in [5.41, 5.74) is 0.345. The summed E-state index contributed by atoms with van der Waals surface area (Å²) in [4.78, 5) is -0.183. The average molecular weight is 495 g/mol. The molecule has 0 aliphatic carbocycles. The third-order valence-corrected chi connectivity index (χ3v) is 7.40. The quantitative estimate of drug-likeness (QED) is 0.386. The number of nitrogens with one attached hydrogen (secondary N) is 2. The lowest BCUT2D eigenvalue weighted by atomic mass is 10.2. The fourth-order valence-corrected chi connectivity index (χ4v) is 5.34. The van der Waals surface area contributed by atoms with Crippen LogP contribution < -0.4 is 9.44 Å². The summed E-state index contributed by atoms with van der Waals surface area (Å²) in [5, 5.41) is 0.418. The van der Waals surface area contributed by atoms with E-state index in [-0.39, 0.29) is 31.9 Å². The molecule has 1 heterocycles. The Hall–Kier alpha value is -3.08. The molecule has 0 atom stereocenters. The van der Waals surface area contributed by atoms with Gasteiger partial charge in [0.05, 0.1) is 16.3 Å². The van der Waals surface area contributed by atoms with Crippen LogP contribution in [0.3, 0.4) is 0 Å². The zero-order valence-electron chi connectivity index (χ0n) is 16.5. The fraction of sp³-hybridized carbons (Fsp3) is 0.0476. The Morgan fingerprint density at radius 2 is 1.56 bits per heavy atom.